The Bertz CT molecular complexity index is 324. The molecule has 0 saturated carbocycles. The van der Waals surface area contributed by atoms with Crippen LogP contribution >= 0.6 is 0 Å². The van der Waals surface area contributed by atoms with Crippen molar-refractivity contribution in [1.29, 1.82) is 5.41 Å². The summed E-state index contributed by atoms with van der Waals surface area (Å²) in [6, 6.07) is -0.833. The second kappa shape index (κ2) is 12.7. The van der Waals surface area contributed by atoms with Gasteiger partial charge in [0.1, 0.15) is 6.79 Å². The first-order valence-electron chi connectivity index (χ1n) is 4.11. The molecule has 15 N–H and O–H groups in total. The van der Waals surface area contributed by atoms with Gasteiger partial charge in [0, 0.05) is 0 Å². The number of hydrogen-bond acceptors (Lipinski definition) is 9. The van der Waals surface area contributed by atoms with E-state index in [0.29, 0.717) is 0 Å². The molecule has 0 fully saturated rings. The van der Waals surface area contributed by atoms with Crippen LogP contribution in [0.25, 0.3) is 0 Å². The number of primary amides is 2. The van der Waals surface area contributed by atoms with E-state index >= 15 is 0 Å². The van der Waals surface area contributed by atoms with Crippen LogP contribution in [0.4, 0.5) is 22.6 Å². The predicted molar refractivity (Wildman–Crippen MR) is 70.1 cm³/mol. The lowest BCUT2D eigenvalue weighted by atomic mass is 10.9. The van der Waals surface area contributed by atoms with Crippen molar-refractivity contribution in [3.63, 3.8) is 0 Å². The van der Waals surface area contributed by atoms with Crippen LogP contribution in [-0.2, 0) is 4.79 Å². The number of carbonyl (C=O) groups is 2. The van der Waals surface area contributed by atoms with Crippen molar-refractivity contribution in [2.75, 3.05) is 17.2 Å². The normalized spacial score (nSPS) is 7.16. The number of nitrogen functional groups attached to an aromatic ring is 3. The highest BCUT2D eigenvalue weighted by Gasteiger charge is 1.93. The zero-order chi connectivity index (χ0) is 16.0. The Morgan fingerprint density at radius 3 is 1.05 bits per heavy atom. The molecule has 0 aliphatic heterocycles. The second-order valence-electron chi connectivity index (χ2n) is 2.27. The Kier molecular flexibility index (Phi) is 14.0. The number of nitrogens with zero attached hydrogens (tertiary/aromatic N) is 3. The molecule has 0 aromatic carbocycles. The predicted octanol–water partition coefficient (Wildman–Crippen LogP) is -3.70. The third kappa shape index (κ3) is 31.3. The standard InChI is InChI=1S/C3H6N6.CH5N3.CH4N2O.CH2O/c4-1-7-2(5)9-3(6)8-1;2*2-1(3)4;1-2/h(H6,4,5,6,7,8,9);(H5,2,3,4);(H4,2,3,4);1H2. The Labute approximate surface area is 108 Å². The van der Waals surface area contributed by atoms with Gasteiger partial charge in [0.2, 0.25) is 17.8 Å². The largest absolute Gasteiger partial charge is 0.370 e. The number of carbonyl (C=O) groups excluding carboxylic acids is 2. The van der Waals surface area contributed by atoms with Crippen LogP contribution in [0.3, 0.4) is 0 Å². The van der Waals surface area contributed by atoms with Gasteiger partial charge in [0.15, 0.2) is 5.96 Å². The maximum Gasteiger partial charge on any atom is 0.309 e. The van der Waals surface area contributed by atoms with E-state index in [4.69, 9.17) is 32.2 Å². The number of anilines is 3. The minimum absolute atomic E-state index is 0.0417. The molecule has 0 aliphatic carbocycles. The monoisotopic (exact) mass is 275 g/mol. The van der Waals surface area contributed by atoms with Crippen LogP contribution in [0.2, 0.25) is 0 Å². The molecule has 0 aliphatic rings. The van der Waals surface area contributed by atoms with Gasteiger partial charge in [-0.15, -0.1) is 0 Å². The first kappa shape index (κ1) is 21.0. The maximum atomic E-state index is 9.00. The zero-order valence-electron chi connectivity index (χ0n) is 9.91. The molecule has 0 spiro atoms. The van der Waals surface area contributed by atoms with E-state index in [1.165, 1.54) is 0 Å². The average Bonchev–Trinajstić information content (AvgIpc) is 2.16. The molecule has 0 unspecified atom stereocenters. The van der Waals surface area contributed by atoms with Gasteiger partial charge in [-0.1, -0.05) is 0 Å². The molecule has 2 amide bonds. The van der Waals surface area contributed by atoms with Crippen molar-refractivity contribution in [3.8, 4) is 0 Å². The lowest BCUT2D eigenvalue weighted by Gasteiger charge is -1.93. The molecule has 19 heavy (non-hydrogen) atoms. The minimum Gasteiger partial charge on any atom is -0.370 e. The number of nitrogens with one attached hydrogen (secondary N) is 1. The highest BCUT2D eigenvalue weighted by atomic mass is 16.2. The van der Waals surface area contributed by atoms with Crippen molar-refractivity contribution in [1.82, 2.24) is 15.0 Å². The fourth-order valence-electron chi connectivity index (χ4n) is 0.427. The average molecular weight is 275 g/mol. The lowest BCUT2D eigenvalue weighted by Crippen LogP contribution is -2.20. The summed E-state index contributed by atoms with van der Waals surface area (Å²) < 4.78 is 0. The van der Waals surface area contributed by atoms with E-state index in [1.807, 2.05) is 6.79 Å². The van der Waals surface area contributed by atoms with Crippen LogP contribution in [-0.4, -0.2) is 33.7 Å². The molecule has 0 atom stereocenters. The van der Waals surface area contributed by atoms with E-state index in [0.717, 1.165) is 0 Å². The van der Waals surface area contributed by atoms with Crippen molar-refractivity contribution in [2.24, 2.45) is 22.9 Å². The number of rotatable bonds is 0. The fraction of sp³-hybridized carbons (Fsp3) is 0. The summed E-state index contributed by atoms with van der Waals surface area (Å²) in [4.78, 5) is 27.5. The van der Waals surface area contributed by atoms with Crippen LogP contribution in [0, 0.1) is 5.41 Å². The third-order valence-corrected chi connectivity index (χ3v) is 0.687. The summed E-state index contributed by atoms with van der Waals surface area (Å²) in [5.41, 5.74) is 32.9. The summed E-state index contributed by atoms with van der Waals surface area (Å²) in [5, 5.41) is 6.06. The van der Waals surface area contributed by atoms with Crippen LogP contribution in [0.15, 0.2) is 0 Å². The number of guanidine groups is 1. The molecule has 1 heterocycles. The second-order valence-corrected chi connectivity index (χ2v) is 2.27. The molecule has 0 radical (unpaired) electrons. The van der Waals surface area contributed by atoms with Gasteiger partial charge in [-0.3, -0.25) is 5.41 Å². The summed E-state index contributed by atoms with van der Waals surface area (Å²) in [7, 11) is 0. The van der Waals surface area contributed by atoms with Crippen molar-refractivity contribution in [3.05, 3.63) is 0 Å². The topological polar surface area (TPSA) is 279 Å². The van der Waals surface area contributed by atoms with E-state index in [2.05, 4.69) is 37.9 Å². The maximum absolute atomic E-state index is 9.00. The molecular formula is C6H17N11O2. The van der Waals surface area contributed by atoms with Gasteiger partial charge in [0.05, 0.1) is 0 Å². The SMILES string of the molecule is C=O.N=C(N)N.NC(N)=O.Nc1nc(N)nc(N)n1. The van der Waals surface area contributed by atoms with Crippen LogP contribution in [0.1, 0.15) is 0 Å². The molecule has 108 valence electrons. The van der Waals surface area contributed by atoms with Gasteiger partial charge in [-0.2, -0.15) is 15.0 Å². The van der Waals surface area contributed by atoms with Crippen molar-refractivity contribution in [2.45, 2.75) is 0 Å². The van der Waals surface area contributed by atoms with Crippen molar-refractivity contribution >= 4 is 36.6 Å². The molecule has 0 bridgehead atoms. The molecule has 0 saturated heterocycles. The van der Waals surface area contributed by atoms with Gasteiger partial charge < -0.3 is 44.9 Å². The number of nitrogens with two attached hydrogens (primary N) is 7. The quantitative estimate of drug-likeness (QED) is 0.169. The first-order chi connectivity index (χ1) is 8.65. The summed E-state index contributed by atoms with van der Waals surface area (Å²) in [6.45, 7) is 2.00. The smallest absolute Gasteiger partial charge is 0.309 e. The number of aromatic nitrogens is 3. The van der Waals surface area contributed by atoms with Gasteiger partial charge in [-0.05, 0) is 0 Å². The minimum atomic E-state index is -0.833. The Morgan fingerprint density at radius 2 is 0.947 bits per heavy atom. The van der Waals surface area contributed by atoms with Gasteiger partial charge in [0.25, 0.3) is 0 Å². The molecule has 1 aromatic heterocycles. The Morgan fingerprint density at radius 1 is 0.842 bits per heavy atom. The Hall–Kier alpha value is -3.38. The molecular weight excluding hydrogens is 258 g/mol. The number of urea groups is 1. The molecule has 13 nitrogen and oxygen atoms in total. The number of hydrogen-bond donors (Lipinski definition) is 8. The molecule has 1 aromatic rings. The van der Waals surface area contributed by atoms with Gasteiger partial charge in [-0.25, -0.2) is 4.79 Å². The van der Waals surface area contributed by atoms with Crippen LogP contribution in [0.5, 0.6) is 0 Å². The van der Waals surface area contributed by atoms with E-state index in [9.17, 15) is 0 Å². The fourth-order valence-corrected chi connectivity index (χ4v) is 0.427. The van der Waals surface area contributed by atoms with Crippen LogP contribution < -0.4 is 40.1 Å². The summed E-state index contributed by atoms with van der Waals surface area (Å²) in [6.07, 6.45) is 0. The molecule has 13 heteroatoms. The van der Waals surface area contributed by atoms with E-state index < -0.39 is 6.03 Å². The molecule has 1 rings (SSSR count). The third-order valence-electron chi connectivity index (χ3n) is 0.687. The highest BCUT2D eigenvalue weighted by molar-refractivity contribution is 5.71. The van der Waals surface area contributed by atoms with E-state index in [1.54, 1.807) is 0 Å². The van der Waals surface area contributed by atoms with Crippen molar-refractivity contribution < 1.29 is 9.59 Å². The lowest BCUT2D eigenvalue weighted by molar-refractivity contribution is -0.0979. The zero-order valence-corrected chi connectivity index (χ0v) is 9.91. The highest BCUT2D eigenvalue weighted by Crippen LogP contribution is 1.97. The summed E-state index contributed by atoms with van der Waals surface area (Å²) in [5.74, 6) is -0.208. The number of amides is 2. The van der Waals surface area contributed by atoms with Gasteiger partial charge >= 0.3 is 6.03 Å². The Balaban J connectivity index is -0.000000217. The van der Waals surface area contributed by atoms with E-state index in [-0.39, 0.29) is 23.8 Å². The first-order valence-corrected chi connectivity index (χ1v) is 4.11. The summed E-state index contributed by atoms with van der Waals surface area (Å²) >= 11 is 0.